The molecule has 0 spiro atoms. The van der Waals surface area contributed by atoms with E-state index < -0.39 is 47.9 Å². The molecule has 0 aliphatic rings. The third-order valence-electron chi connectivity index (χ3n) is 5.29. The molecule has 196 valence electrons. The maximum atomic E-state index is 13.1. The molecule has 1 aromatic heterocycles. The van der Waals surface area contributed by atoms with Crippen molar-refractivity contribution < 1.29 is 24.3 Å². The number of benzene rings is 1. The summed E-state index contributed by atoms with van der Waals surface area (Å²) in [4.78, 5) is 56.9. The Balaban J connectivity index is 2.08. The summed E-state index contributed by atoms with van der Waals surface area (Å²) in [6.07, 6.45) is 5.37. The zero-order valence-electron chi connectivity index (χ0n) is 19.8. The van der Waals surface area contributed by atoms with Crippen LogP contribution in [0.5, 0.6) is 0 Å². The molecule has 0 saturated heterocycles. The van der Waals surface area contributed by atoms with Crippen molar-refractivity contribution in [2.45, 2.75) is 43.4 Å². The van der Waals surface area contributed by atoms with Crippen LogP contribution in [0.25, 0.3) is 0 Å². The second-order valence-corrected chi connectivity index (χ2v) is 9.41. The first-order valence-electron chi connectivity index (χ1n) is 11.3. The number of aromatic amines is 1. The molecule has 2 rings (SSSR count). The van der Waals surface area contributed by atoms with Crippen molar-refractivity contribution in [3.63, 3.8) is 0 Å². The van der Waals surface area contributed by atoms with E-state index >= 15 is 0 Å². The van der Waals surface area contributed by atoms with Crippen LogP contribution in [0.2, 0.25) is 0 Å². The molecular formula is C23H32N6O5S2. The van der Waals surface area contributed by atoms with Crippen molar-refractivity contribution in [2.24, 2.45) is 5.73 Å². The van der Waals surface area contributed by atoms with Gasteiger partial charge in [0.05, 0.1) is 12.4 Å². The smallest absolute Gasteiger partial charge is 0.326 e. The molecule has 7 N–H and O–H groups in total. The van der Waals surface area contributed by atoms with E-state index in [1.54, 1.807) is 0 Å². The molecule has 1 heterocycles. The Morgan fingerprint density at radius 3 is 2.25 bits per heavy atom. The highest BCUT2D eigenvalue weighted by atomic mass is 32.2. The standard InChI is InChI=1S/C23H32N6O5S2/c1-36-8-7-17(23(33)34)27-22(32)19(12-35)29-21(31)18(10-15-11-25-13-26-15)28-20(30)16(24)9-14-5-3-2-4-6-14/h2-6,11,13,16-19,35H,7-10,12,24H2,1H3,(H,25,26)(H,27,32)(H,28,30)(H,29,31)(H,33,34). The van der Waals surface area contributed by atoms with Gasteiger partial charge >= 0.3 is 5.97 Å². The van der Waals surface area contributed by atoms with Crippen LogP contribution in [0.4, 0.5) is 0 Å². The van der Waals surface area contributed by atoms with Gasteiger partial charge in [0.25, 0.3) is 0 Å². The van der Waals surface area contributed by atoms with Crippen molar-refractivity contribution in [1.29, 1.82) is 0 Å². The van der Waals surface area contributed by atoms with Gasteiger partial charge in [0, 0.05) is 24.1 Å². The molecule has 36 heavy (non-hydrogen) atoms. The number of aromatic nitrogens is 2. The number of imidazole rings is 1. The van der Waals surface area contributed by atoms with E-state index in [1.807, 2.05) is 36.6 Å². The minimum atomic E-state index is -1.17. The average Bonchev–Trinajstić information content (AvgIpc) is 3.37. The van der Waals surface area contributed by atoms with Crippen molar-refractivity contribution in [3.05, 3.63) is 54.1 Å². The Morgan fingerprint density at radius 2 is 1.67 bits per heavy atom. The minimum absolute atomic E-state index is 0.0714. The molecule has 0 aliphatic carbocycles. The van der Waals surface area contributed by atoms with Crippen molar-refractivity contribution in [2.75, 3.05) is 17.8 Å². The fourth-order valence-electron chi connectivity index (χ4n) is 3.30. The highest BCUT2D eigenvalue weighted by Crippen LogP contribution is 2.06. The first-order chi connectivity index (χ1) is 17.2. The summed E-state index contributed by atoms with van der Waals surface area (Å²) in [5.74, 6) is -2.57. The van der Waals surface area contributed by atoms with Gasteiger partial charge < -0.3 is 31.8 Å². The van der Waals surface area contributed by atoms with E-state index in [2.05, 4.69) is 38.5 Å². The summed E-state index contributed by atoms with van der Waals surface area (Å²) in [6, 6.07) is 5.05. The van der Waals surface area contributed by atoms with Crippen molar-refractivity contribution in [3.8, 4) is 0 Å². The zero-order valence-corrected chi connectivity index (χ0v) is 21.6. The van der Waals surface area contributed by atoms with Gasteiger partial charge in [-0.3, -0.25) is 14.4 Å². The molecule has 3 amide bonds. The SMILES string of the molecule is CSCCC(NC(=O)C(CS)NC(=O)C(Cc1cnc[nH]1)NC(=O)C(N)Cc1ccccc1)C(=O)O. The molecule has 4 unspecified atom stereocenters. The monoisotopic (exact) mass is 536 g/mol. The highest BCUT2D eigenvalue weighted by molar-refractivity contribution is 7.98. The fraction of sp³-hybridized carbons (Fsp3) is 0.435. The zero-order chi connectivity index (χ0) is 26.5. The number of hydrogen-bond acceptors (Lipinski definition) is 8. The molecule has 2 aromatic rings. The minimum Gasteiger partial charge on any atom is -0.480 e. The first kappa shape index (κ1) is 29.2. The van der Waals surface area contributed by atoms with Gasteiger partial charge in [0.2, 0.25) is 17.7 Å². The van der Waals surface area contributed by atoms with E-state index in [9.17, 15) is 24.3 Å². The Hall–Kier alpha value is -3.03. The summed E-state index contributed by atoms with van der Waals surface area (Å²) in [6.45, 7) is 0. The van der Waals surface area contributed by atoms with Crippen LogP contribution in [-0.4, -0.2) is 80.7 Å². The molecule has 4 atom stereocenters. The van der Waals surface area contributed by atoms with Gasteiger partial charge in [-0.1, -0.05) is 30.3 Å². The maximum absolute atomic E-state index is 13.1. The number of carboxylic acid groups (broad SMARTS) is 1. The van der Waals surface area contributed by atoms with Gasteiger partial charge in [-0.2, -0.15) is 24.4 Å². The Morgan fingerprint density at radius 1 is 1.03 bits per heavy atom. The van der Waals surface area contributed by atoms with Crippen LogP contribution in [0.1, 0.15) is 17.7 Å². The Bertz CT molecular complexity index is 992. The Kier molecular flexibility index (Phi) is 12.3. The number of H-pyrrole nitrogens is 1. The van der Waals surface area contributed by atoms with Crippen LogP contribution in [0.3, 0.4) is 0 Å². The largest absolute Gasteiger partial charge is 0.480 e. The number of amides is 3. The van der Waals surface area contributed by atoms with Gasteiger partial charge in [0.15, 0.2) is 0 Å². The number of carboxylic acids is 1. The average molecular weight is 537 g/mol. The molecule has 0 fully saturated rings. The van der Waals surface area contributed by atoms with Crippen LogP contribution >= 0.6 is 24.4 Å². The number of aliphatic carboxylic acids is 1. The van der Waals surface area contributed by atoms with Crippen LogP contribution in [0.15, 0.2) is 42.9 Å². The van der Waals surface area contributed by atoms with Crippen LogP contribution in [-0.2, 0) is 32.0 Å². The second kappa shape index (κ2) is 15.2. The van der Waals surface area contributed by atoms with Crippen LogP contribution < -0.4 is 21.7 Å². The molecular weight excluding hydrogens is 504 g/mol. The summed E-state index contributed by atoms with van der Waals surface area (Å²) < 4.78 is 0. The van der Waals surface area contributed by atoms with Crippen molar-refractivity contribution >= 4 is 48.1 Å². The summed E-state index contributed by atoms with van der Waals surface area (Å²) >= 11 is 5.59. The van der Waals surface area contributed by atoms with E-state index in [1.165, 1.54) is 24.3 Å². The van der Waals surface area contributed by atoms with Gasteiger partial charge in [-0.15, -0.1) is 0 Å². The molecule has 0 bridgehead atoms. The molecule has 13 heteroatoms. The van der Waals surface area contributed by atoms with Crippen molar-refractivity contribution in [1.82, 2.24) is 25.9 Å². The van der Waals surface area contributed by atoms with Gasteiger partial charge in [-0.25, -0.2) is 9.78 Å². The Labute approximate surface area is 219 Å². The van der Waals surface area contributed by atoms with E-state index in [0.29, 0.717) is 11.4 Å². The summed E-state index contributed by atoms with van der Waals surface area (Å²) in [7, 11) is 0. The number of carbonyl (C=O) groups is 4. The normalized spacial score (nSPS) is 14.2. The molecule has 11 nitrogen and oxygen atoms in total. The summed E-state index contributed by atoms with van der Waals surface area (Å²) in [5.41, 5.74) is 7.53. The number of carbonyl (C=O) groups excluding carboxylic acids is 3. The quantitative estimate of drug-likeness (QED) is 0.152. The number of rotatable bonds is 15. The van der Waals surface area contributed by atoms with Gasteiger partial charge in [-0.05, 0) is 30.4 Å². The third kappa shape index (κ3) is 9.55. The topological polar surface area (TPSA) is 179 Å². The molecule has 0 saturated carbocycles. The molecule has 0 aliphatic heterocycles. The van der Waals surface area contributed by atoms with Crippen LogP contribution in [0, 0.1) is 0 Å². The number of thioether (sulfide) groups is 1. The lowest BCUT2D eigenvalue weighted by Crippen LogP contribution is -2.58. The summed E-state index contributed by atoms with van der Waals surface area (Å²) in [5, 5.41) is 17.0. The fourth-order valence-corrected chi connectivity index (χ4v) is 4.03. The predicted molar refractivity (Wildman–Crippen MR) is 141 cm³/mol. The van der Waals surface area contributed by atoms with E-state index in [4.69, 9.17) is 5.73 Å². The maximum Gasteiger partial charge on any atom is 0.326 e. The van der Waals surface area contributed by atoms with E-state index in [0.717, 1.165) is 5.56 Å². The number of nitrogens with two attached hydrogens (primary N) is 1. The second-order valence-electron chi connectivity index (χ2n) is 8.06. The first-order valence-corrected chi connectivity index (χ1v) is 13.3. The number of nitrogens with one attached hydrogen (secondary N) is 4. The highest BCUT2D eigenvalue weighted by Gasteiger charge is 2.30. The lowest BCUT2D eigenvalue weighted by atomic mass is 10.0. The number of hydrogen-bond donors (Lipinski definition) is 7. The predicted octanol–water partition coefficient (Wildman–Crippen LogP) is -0.256. The van der Waals surface area contributed by atoms with E-state index in [-0.39, 0.29) is 25.0 Å². The third-order valence-corrected chi connectivity index (χ3v) is 6.30. The lowest BCUT2D eigenvalue weighted by molar-refractivity contribution is -0.142. The lowest BCUT2D eigenvalue weighted by Gasteiger charge is -2.24. The number of nitrogens with zero attached hydrogens (tertiary/aromatic N) is 1. The number of thiol groups is 1. The molecule has 1 aromatic carbocycles. The van der Waals surface area contributed by atoms with Gasteiger partial charge in [0.1, 0.15) is 18.1 Å². The molecule has 0 radical (unpaired) electrons.